The highest BCUT2D eigenvalue weighted by Gasteiger charge is 2.30. The van der Waals surface area contributed by atoms with Crippen molar-refractivity contribution in [1.29, 1.82) is 0 Å². The number of nitrogens with one attached hydrogen (secondary N) is 1. The predicted octanol–water partition coefficient (Wildman–Crippen LogP) is 5.44. The van der Waals surface area contributed by atoms with Crippen molar-refractivity contribution in [3.63, 3.8) is 0 Å². The number of carbonyl (C=O) groups excluding carboxylic acids is 1. The number of hydrogen-bond donors (Lipinski definition) is 1. The van der Waals surface area contributed by atoms with Crippen molar-refractivity contribution in [3.8, 4) is 5.75 Å². The molecule has 0 aliphatic rings. The number of benzene rings is 3. The standard InChI is InChI=1S/C23H20ClF3N2O4S/c1-29(34(31,32)20-10-6-18(24)7-11-20)14-16-13-15(3-12-21(16)33-2)22(30)28-19-8-4-17(5-9-19)23(25,26)27/h3-13H,14H2,1-2H3,(H,28,30). The Morgan fingerprint density at radius 1 is 1.03 bits per heavy atom. The molecule has 0 saturated carbocycles. The minimum Gasteiger partial charge on any atom is -0.496 e. The molecular formula is C23H20ClF3N2O4S. The molecule has 3 aromatic carbocycles. The summed E-state index contributed by atoms with van der Waals surface area (Å²) in [5.41, 5.74) is -0.0597. The predicted molar refractivity (Wildman–Crippen MR) is 122 cm³/mol. The van der Waals surface area contributed by atoms with E-state index in [1.54, 1.807) is 0 Å². The lowest BCUT2D eigenvalue weighted by molar-refractivity contribution is -0.137. The quantitative estimate of drug-likeness (QED) is 0.457. The zero-order chi connectivity index (χ0) is 25.1. The molecule has 0 spiro atoms. The zero-order valence-corrected chi connectivity index (χ0v) is 19.6. The summed E-state index contributed by atoms with van der Waals surface area (Å²) in [4.78, 5) is 12.7. The van der Waals surface area contributed by atoms with Gasteiger partial charge in [0.05, 0.1) is 17.6 Å². The molecule has 0 aliphatic carbocycles. The molecule has 0 aliphatic heterocycles. The van der Waals surface area contributed by atoms with Gasteiger partial charge in [-0.1, -0.05) is 11.6 Å². The maximum atomic E-state index is 12.9. The molecule has 0 saturated heterocycles. The normalized spacial score (nSPS) is 12.0. The second-order valence-electron chi connectivity index (χ2n) is 7.27. The zero-order valence-electron chi connectivity index (χ0n) is 18.1. The fraction of sp³-hybridized carbons (Fsp3) is 0.174. The highest BCUT2D eigenvalue weighted by Crippen LogP contribution is 2.30. The number of carbonyl (C=O) groups is 1. The van der Waals surface area contributed by atoms with E-state index in [-0.39, 0.29) is 22.7 Å². The van der Waals surface area contributed by atoms with Crippen LogP contribution in [0.25, 0.3) is 0 Å². The molecule has 0 radical (unpaired) electrons. The first-order chi connectivity index (χ1) is 15.9. The molecule has 3 rings (SSSR count). The highest BCUT2D eigenvalue weighted by molar-refractivity contribution is 7.89. The van der Waals surface area contributed by atoms with Gasteiger partial charge >= 0.3 is 6.18 Å². The summed E-state index contributed by atoms with van der Waals surface area (Å²) in [6.45, 7) is -0.102. The summed E-state index contributed by atoms with van der Waals surface area (Å²) in [7, 11) is -1.05. The Labute approximate surface area is 200 Å². The van der Waals surface area contributed by atoms with Crippen molar-refractivity contribution >= 4 is 33.2 Å². The Balaban J connectivity index is 1.81. The third-order valence-corrected chi connectivity index (χ3v) is 7.00. The first-order valence-electron chi connectivity index (χ1n) is 9.79. The number of alkyl halides is 3. The maximum absolute atomic E-state index is 12.9. The lowest BCUT2D eigenvalue weighted by Gasteiger charge is -2.19. The summed E-state index contributed by atoms with van der Waals surface area (Å²) >= 11 is 5.83. The van der Waals surface area contributed by atoms with Crippen LogP contribution in [0.3, 0.4) is 0 Å². The van der Waals surface area contributed by atoms with E-state index in [1.807, 2.05) is 0 Å². The second kappa shape index (κ2) is 10.0. The van der Waals surface area contributed by atoms with Crippen LogP contribution < -0.4 is 10.1 Å². The molecule has 180 valence electrons. The molecule has 0 atom stereocenters. The Hall–Kier alpha value is -3.08. The fourth-order valence-electron chi connectivity index (χ4n) is 3.10. The lowest BCUT2D eigenvalue weighted by Crippen LogP contribution is -2.27. The largest absolute Gasteiger partial charge is 0.496 e. The third kappa shape index (κ3) is 5.88. The van der Waals surface area contributed by atoms with E-state index in [9.17, 15) is 26.4 Å². The minimum atomic E-state index is -4.48. The molecule has 6 nitrogen and oxygen atoms in total. The minimum absolute atomic E-state index is 0.0505. The number of nitrogens with zero attached hydrogens (tertiary/aromatic N) is 1. The first-order valence-corrected chi connectivity index (χ1v) is 11.6. The average molecular weight is 513 g/mol. The molecule has 0 bridgehead atoms. The van der Waals surface area contributed by atoms with Crippen LogP contribution in [0.15, 0.2) is 71.6 Å². The molecule has 1 amide bonds. The highest BCUT2D eigenvalue weighted by atomic mass is 35.5. The lowest BCUT2D eigenvalue weighted by atomic mass is 10.1. The third-order valence-electron chi connectivity index (χ3n) is 4.93. The monoisotopic (exact) mass is 512 g/mol. The number of amides is 1. The van der Waals surface area contributed by atoms with E-state index in [2.05, 4.69) is 5.32 Å². The molecule has 0 fully saturated rings. The van der Waals surface area contributed by atoms with E-state index in [0.717, 1.165) is 28.6 Å². The van der Waals surface area contributed by atoms with E-state index >= 15 is 0 Å². The van der Waals surface area contributed by atoms with Gasteiger partial charge in [-0.25, -0.2) is 8.42 Å². The number of rotatable bonds is 7. The van der Waals surface area contributed by atoms with Crippen LogP contribution in [0.5, 0.6) is 5.75 Å². The summed E-state index contributed by atoms with van der Waals surface area (Å²) in [6, 6.07) is 14.2. The first kappa shape index (κ1) is 25.5. The molecule has 11 heteroatoms. The van der Waals surface area contributed by atoms with Crippen LogP contribution in [-0.4, -0.2) is 32.8 Å². The van der Waals surface area contributed by atoms with Gasteiger partial charge in [0.1, 0.15) is 5.75 Å². The van der Waals surface area contributed by atoms with Crippen molar-refractivity contribution in [3.05, 3.63) is 88.4 Å². The van der Waals surface area contributed by atoms with Crippen molar-refractivity contribution < 1.29 is 31.1 Å². The number of ether oxygens (including phenoxy) is 1. The summed E-state index contributed by atoms with van der Waals surface area (Å²) < 4.78 is 70.4. The molecule has 0 heterocycles. The van der Waals surface area contributed by atoms with Crippen molar-refractivity contribution in [2.45, 2.75) is 17.6 Å². The van der Waals surface area contributed by atoms with Gasteiger partial charge in [-0.05, 0) is 66.7 Å². The smallest absolute Gasteiger partial charge is 0.416 e. The number of hydrogen-bond acceptors (Lipinski definition) is 4. The summed E-state index contributed by atoms with van der Waals surface area (Å²) in [6.07, 6.45) is -4.48. The van der Waals surface area contributed by atoms with Crippen LogP contribution in [0.4, 0.5) is 18.9 Å². The Morgan fingerprint density at radius 2 is 1.65 bits per heavy atom. The van der Waals surface area contributed by atoms with Gasteiger partial charge in [0.15, 0.2) is 0 Å². The topological polar surface area (TPSA) is 75.7 Å². The number of anilines is 1. The molecule has 1 N–H and O–H groups in total. The van der Waals surface area contributed by atoms with Gasteiger partial charge in [-0.15, -0.1) is 0 Å². The van der Waals surface area contributed by atoms with Crippen LogP contribution in [0.1, 0.15) is 21.5 Å². The number of sulfonamides is 1. The van der Waals surface area contributed by atoms with Gasteiger partial charge < -0.3 is 10.1 Å². The molecule has 34 heavy (non-hydrogen) atoms. The van der Waals surface area contributed by atoms with Gasteiger partial charge in [-0.2, -0.15) is 17.5 Å². The van der Waals surface area contributed by atoms with Crippen LogP contribution in [-0.2, 0) is 22.7 Å². The maximum Gasteiger partial charge on any atom is 0.416 e. The summed E-state index contributed by atoms with van der Waals surface area (Å²) in [5, 5.41) is 2.92. The second-order valence-corrected chi connectivity index (χ2v) is 9.75. The van der Waals surface area contributed by atoms with Gasteiger partial charge in [0.2, 0.25) is 10.0 Å². The molecule has 0 aromatic heterocycles. The van der Waals surface area contributed by atoms with E-state index in [4.69, 9.17) is 16.3 Å². The van der Waals surface area contributed by atoms with Crippen LogP contribution in [0, 0.1) is 0 Å². The van der Waals surface area contributed by atoms with Gasteiger partial charge in [0.25, 0.3) is 5.91 Å². The SMILES string of the molecule is COc1ccc(C(=O)Nc2ccc(C(F)(F)F)cc2)cc1CN(C)S(=O)(=O)c1ccc(Cl)cc1. The van der Waals surface area contributed by atoms with E-state index in [1.165, 1.54) is 56.6 Å². The van der Waals surface area contributed by atoms with Gasteiger partial charge in [-0.3, -0.25) is 4.79 Å². The van der Waals surface area contributed by atoms with Gasteiger partial charge in [0, 0.05) is 35.4 Å². The van der Waals surface area contributed by atoms with Crippen molar-refractivity contribution in [2.24, 2.45) is 0 Å². The number of methoxy groups -OCH3 is 1. The van der Waals surface area contributed by atoms with Crippen LogP contribution in [0.2, 0.25) is 5.02 Å². The molecule has 3 aromatic rings. The average Bonchev–Trinajstić information content (AvgIpc) is 2.79. The Kier molecular flexibility index (Phi) is 7.54. The van der Waals surface area contributed by atoms with E-state index < -0.39 is 27.7 Å². The number of halogens is 4. The Bertz CT molecular complexity index is 1280. The fourth-order valence-corrected chi connectivity index (χ4v) is 4.38. The summed E-state index contributed by atoms with van der Waals surface area (Å²) in [5.74, 6) is -0.212. The van der Waals surface area contributed by atoms with E-state index in [0.29, 0.717) is 16.3 Å². The van der Waals surface area contributed by atoms with Crippen molar-refractivity contribution in [1.82, 2.24) is 4.31 Å². The van der Waals surface area contributed by atoms with Crippen molar-refractivity contribution in [2.75, 3.05) is 19.5 Å². The molecule has 0 unspecified atom stereocenters. The molecular weight excluding hydrogens is 493 g/mol. The van der Waals surface area contributed by atoms with Crippen LogP contribution >= 0.6 is 11.6 Å². The Morgan fingerprint density at radius 3 is 2.21 bits per heavy atom.